The lowest BCUT2D eigenvalue weighted by molar-refractivity contribution is 0.0569. The van der Waals surface area contributed by atoms with E-state index in [1.165, 1.54) is 19.4 Å². The Hall–Kier alpha value is -2.15. The summed E-state index contributed by atoms with van der Waals surface area (Å²) < 4.78 is 34.2. The minimum Gasteiger partial charge on any atom is -0.506 e. The van der Waals surface area contributed by atoms with Gasteiger partial charge in [-0.25, -0.2) is 18.5 Å². The van der Waals surface area contributed by atoms with Gasteiger partial charge in [0, 0.05) is 17.8 Å². The number of nitrogens with two attached hydrogens (primary N) is 1. The number of ether oxygens (including phenoxy) is 2. The summed E-state index contributed by atoms with van der Waals surface area (Å²) in [4.78, 5) is 7.72. The van der Waals surface area contributed by atoms with Crippen LogP contribution in [0.2, 0.25) is 0 Å². The third-order valence-corrected chi connectivity index (χ3v) is 5.01. The highest BCUT2D eigenvalue weighted by molar-refractivity contribution is 9.10. The first-order valence-electron chi connectivity index (χ1n) is 7.61. The SMILES string of the molecule is COc1cc(Nc2ncc(Br)c(O[C@H](C)[C@@H](C)O)n2)cc(O)c1S(N)(=O)=O. The molecule has 2 aromatic rings. The Balaban J connectivity index is 2.36. The summed E-state index contributed by atoms with van der Waals surface area (Å²) in [6, 6.07) is 2.47. The number of hydrogen-bond acceptors (Lipinski definition) is 9. The van der Waals surface area contributed by atoms with Gasteiger partial charge in [-0.15, -0.1) is 0 Å². The summed E-state index contributed by atoms with van der Waals surface area (Å²) in [5.74, 6) is -0.430. The minimum atomic E-state index is -4.18. The Morgan fingerprint density at radius 3 is 2.56 bits per heavy atom. The molecular formula is C15H19BrN4O6S. The molecular weight excluding hydrogens is 444 g/mol. The molecule has 27 heavy (non-hydrogen) atoms. The molecule has 0 saturated heterocycles. The lowest BCUT2D eigenvalue weighted by Gasteiger charge is -2.18. The van der Waals surface area contributed by atoms with Gasteiger partial charge in [0.2, 0.25) is 21.9 Å². The second kappa shape index (κ2) is 8.25. The fourth-order valence-electron chi connectivity index (χ4n) is 2.00. The Morgan fingerprint density at radius 2 is 2.00 bits per heavy atom. The number of phenols is 1. The van der Waals surface area contributed by atoms with E-state index in [2.05, 4.69) is 31.2 Å². The van der Waals surface area contributed by atoms with Crippen LogP contribution in [0.1, 0.15) is 13.8 Å². The number of aliphatic hydroxyl groups is 1. The zero-order valence-electron chi connectivity index (χ0n) is 14.7. The van der Waals surface area contributed by atoms with E-state index in [4.69, 9.17) is 14.6 Å². The zero-order chi connectivity index (χ0) is 20.4. The maximum atomic E-state index is 11.6. The van der Waals surface area contributed by atoms with Crippen molar-refractivity contribution in [3.05, 3.63) is 22.8 Å². The summed E-state index contributed by atoms with van der Waals surface area (Å²) in [6.45, 7) is 3.27. The Bertz CT molecular complexity index is 938. The van der Waals surface area contributed by atoms with Crippen molar-refractivity contribution in [3.8, 4) is 17.4 Å². The Morgan fingerprint density at radius 1 is 1.33 bits per heavy atom. The van der Waals surface area contributed by atoms with Crippen molar-refractivity contribution < 1.29 is 28.1 Å². The van der Waals surface area contributed by atoms with E-state index in [1.54, 1.807) is 13.8 Å². The number of hydrogen-bond donors (Lipinski definition) is 4. The summed E-state index contributed by atoms with van der Waals surface area (Å²) in [7, 11) is -2.94. The minimum absolute atomic E-state index is 0.107. The normalized spacial score (nSPS) is 13.7. The fraction of sp³-hybridized carbons (Fsp3) is 0.333. The fourth-order valence-corrected chi connectivity index (χ4v) is 3.05. The molecule has 12 heteroatoms. The third kappa shape index (κ3) is 5.19. The van der Waals surface area contributed by atoms with Crippen molar-refractivity contribution in [1.29, 1.82) is 0 Å². The average Bonchev–Trinajstić information content (AvgIpc) is 2.55. The van der Waals surface area contributed by atoms with Gasteiger partial charge in [0.25, 0.3) is 0 Å². The van der Waals surface area contributed by atoms with E-state index in [1.807, 2.05) is 0 Å². The number of anilines is 2. The van der Waals surface area contributed by atoms with Crippen molar-refractivity contribution in [3.63, 3.8) is 0 Å². The Kier molecular flexibility index (Phi) is 6.46. The maximum Gasteiger partial charge on any atom is 0.245 e. The quantitative estimate of drug-likeness (QED) is 0.478. The molecule has 0 bridgehead atoms. The van der Waals surface area contributed by atoms with E-state index in [0.717, 1.165) is 6.07 Å². The van der Waals surface area contributed by atoms with Crippen molar-refractivity contribution in [2.45, 2.75) is 31.0 Å². The van der Waals surface area contributed by atoms with Gasteiger partial charge in [0.1, 0.15) is 17.6 Å². The topological polar surface area (TPSA) is 157 Å². The standard InChI is InChI=1S/C15H19BrN4O6S/c1-7(21)8(2)26-14-10(16)6-18-15(20-14)19-9-4-11(22)13(27(17,23)24)12(5-9)25-3/h4-8,21-22H,1-3H3,(H2,17,23,24)(H,18,19,20)/t7-,8-/m1/s1. The molecule has 0 amide bonds. The van der Waals surface area contributed by atoms with Crippen LogP contribution in [0.4, 0.5) is 11.6 Å². The molecule has 1 aromatic heterocycles. The van der Waals surface area contributed by atoms with Gasteiger partial charge >= 0.3 is 0 Å². The van der Waals surface area contributed by atoms with Crippen LogP contribution in [0.5, 0.6) is 17.4 Å². The van der Waals surface area contributed by atoms with Crippen LogP contribution >= 0.6 is 15.9 Å². The molecule has 10 nitrogen and oxygen atoms in total. The van der Waals surface area contributed by atoms with Crippen molar-refractivity contribution >= 4 is 37.6 Å². The summed E-state index contributed by atoms with van der Waals surface area (Å²) >= 11 is 3.26. The first kappa shape index (κ1) is 21.2. The average molecular weight is 463 g/mol. The molecule has 0 radical (unpaired) electrons. The van der Waals surface area contributed by atoms with Crippen LogP contribution in [0.3, 0.4) is 0 Å². The Labute approximate surface area is 164 Å². The lowest BCUT2D eigenvalue weighted by atomic mass is 10.2. The molecule has 2 rings (SSSR count). The number of benzene rings is 1. The number of nitrogens with zero attached hydrogens (tertiary/aromatic N) is 2. The third-order valence-electron chi connectivity index (χ3n) is 3.48. The summed E-state index contributed by atoms with van der Waals surface area (Å²) in [5.41, 5.74) is 0.258. The predicted molar refractivity (Wildman–Crippen MR) is 101 cm³/mol. The maximum absolute atomic E-state index is 11.6. The molecule has 0 unspecified atom stereocenters. The molecule has 1 aromatic carbocycles. The number of rotatable bonds is 7. The molecule has 0 saturated carbocycles. The van der Waals surface area contributed by atoms with Crippen LogP contribution in [-0.4, -0.2) is 47.9 Å². The molecule has 2 atom stereocenters. The molecule has 0 fully saturated rings. The van der Waals surface area contributed by atoms with E-state index in [0.29, 0.717) is 4.47 Å². The second-order valence-corrected chi connectivity index (χ2v) is 7.96. The number of aliphatic hydroxyl groups excluding tert-OH is 1. The molecule has 0 aliphatic carbocycles. The zero-order valence-corrected chi connectivity index (χ0v) is 17.1. The van der Waals surface area contributed by atoms with Crippen LogP contribution < -0.4 is 19.9 Å². The highest BCUT2D eigenvalue weighted by atomic mass is 79.9. The summed E-state index contributed by atoms with van der Waals surface area (Å²) in [5, 5.41) is 27.5. The molecule has 5 N–H and O–H groups in total. The van der Waals surface area contributed by atoms with Crippen LogP contribution in [0.25, 0.3) is 0 Å². The van der Waals surface area contributed by atoms with Crippen molar-refractivity contribution in [1.82, 2.24) is 9.97 Å². The number of sulfonamides is 1. The van der Waals surface area contributed by atoms with Crippen LogP contribution in [-0.2, 0) is 10.0 Å². The number of aromatic nitrogens is 2. The van der Waals surface area contributed by atoms with E-state index >= 15 is 0 Å². The number of phenolic OH excluding ortho intramolecular Hbond substituents is 1. The molecule has 0 aliphatic rings. The largest absolute Gasteiger partial charge is 0.506 e. The van der Waals surface area contributed by atoms with Gasteiger partial charge in [0.15, 0.2) is 4.90 Å². The highest BCUT2D eigenvalue weighted by Gasteiger charge is 2.22. The van der Waals surface area contributed by atoms with E-state index < -0.39 is 32.9 Å². The number of methoxy groups -OCH3 is 1. The van der Waals surface area contributed by atoms with Crippen LogP contribution in [0.15, 0.2) is 27.7 Å². The highest BCUT2D eigenvalue weighted by Crippen LogP contribution is 2.36. The number of primary sulfonamides is 1. The van der Waals surface area contributed by atoms with Crippen molar-refractivity contribution in [2.75, 3.05) is 12.4 Å². The first-order chi connectivity index (χ1) is 12.5. The monoisotopic (exact) mass is 462 g/mol. The van der Waals surface area contributed by atoms with E-state index in [9.17, 15) is 18.6 Å². The van der Waals surface area contributed by atoms with Gasteiger partial charge in [-0.2, -0.15) is 4.98 Å². The van der Waals surface area contributed by atoms with Gasteiger partial charge in [0.05, 0.1) is 23.9 Å². The van der Waals surface area contributed by atoms with Gasteiger partial charge in [-0.1, -0.05) is 0 Å². The molecule has 0 spiro atoms. The first-order valence-corrected chi connectivity index (χ1v) is 9.95. The van der Waals surface area contributed by atoms with Gasteiger partial charge < -0.3 is 25.0 Å². The molecule has 148 valence electrons. The van der Waals surface area contributed by atoms with E-state index in [-0.39, 0.29) is 23.3 Å². The van der Waals surface area contributed by atoms with Gasteiger partial charge in [-0.3, -0.25) is 0 Å². The predicted octanol–water partition coefficient (Wildman–Crippen LogP) is 1.49. The number of nitrogens with one attached hydrogen (secondary N) is 1. The van der Waals surface area contributed by atoms with Crippen LogP contribution in [0, 0.1) is 0 Å². The second-order valence-electron chi connectivity index (χ2n) is 5.61. The number of aromatic hydroxyl groups is 1. The summed E-state index contributed by atoms with van der Waals surface area (Å²) in [6.07, 6.45) is 0.215. The lowest BCUT2D eigenvalue weighted by Crippen LogP contribution is -2.26. The molecule has 1 heterocycles. The van der Waals surface area contributed by atoms with Gasteiger partial charge in [-0.05, 0) is 29.8 Å². The smallest absolute Gasteiger partial charge is 0.245 e. The van der Waals surface area contributed by atoms with Crippen molar-refractivity contribution in [2.24, 2.45) is 5.14 Å². The number of halogens is 1. The molecule has 0 aliphatic heterocycles.